The van der Waals surface area contributed by atoms with E-state index in [0.29, 0.717) is 22.1 Å². The smallest absolute Gasteiger partial charge is 0.375 e. The number of aromatic nitrogens is 3. The lowest BCUT2D eigenvalue weighted by molar-refractivity contribution is -0.137. The molecule has 120 valence electrons. The lowest BCUT2D eigenvalue weighted by Crippen LogP contribution is -2.04. The highest BCUT2D eigenvalue weighted by Crippen LogP contribution is 2.34. The van der Waals surface area contributed by atoms with E-state index in [2.05, 4.69) is 15.1 Å². The number of nitrogens with two attached hydrogens (primary N) is 1. The maximum Gasteiger partial charge on any atom is 0.416 e. The Balaban J connectivity index is 1.99. The molecule has 0 atom stereocenters. The number of hydrogen-bond donors (Lipinski definition) is 1. The van der Waals surface area contributed by atoms with Gasteiger partial charge in [0.1, 0.15) is 4.88 Å². The van der Waals surface area contributed by atoms with Crippen LogP contribution in [0.1, 0.15) is 18.2 Å². The molecule has 0 unspecified atom stereocenters. The van der Waals surface area contributed by atoms with E-state index < -0.39 is 11.7 Å². The molecular formula is C14H11F3N4OS. The number of rotatable bonds is 3. The molecule has 0 aliphatic rings. The van der Waals surface area contributed by atoms with Gasteiger partial charge < -0.3 is 10.3 Å². The number of halogens is 3. The minimum absolute atomic E-state index is 0.0834. The standard InChI is InChI=1S/C14H11F3N4OS/c1-2-9-10(23-13(18)19-9)12-20-11(21-22-12)7-4-3-5-8(6-7)14(15,16)17/h3-6H,2H2,1H3,(H2,18,19). The predicted octanol–water partition coefficient (Wildman–Crippen LogP) is 4.02. The number of hydrogen-bond acceptors (Lipinski definition) is 6. The van der Waals surface area contributed by atoms with Crippen molar-refractivity contribution < 1.29 is 17.7 Å². The molecule has 0 bridgehead atoms. The topological polar surface area (TPSA) is 77.8 Å². The minimum atomic E-state index is -4.43. The summed E-state index contributed by atoms with van der Waals surface area (Å²) in [5.41, 5.74) is 5.85. The van der Waals surface area contributed by atoms with Crippen molar-refractivity contribution in [3.05, 3.63) is 35.5 Å². The molecule has 2 aromatic heterocycles. The maximum atomic E-state index is 12.8. The van der Waals surface area contributed by atoms with Gasteiger partial charge in [0.2, 0.25) is 5.82 Å². The monoisotopic (exact) mass is 340 g/mol. The summed E-state index contributed by atoms with van der Waals surface area (Å²) >= 11 is 1.20. The Bertz CT molecular complexity index is 841. The van der Waals surface area contributed by atoms with Gasteiger partial charge in [0.25, 0.3) is 5.89 Å². The summed E-state index contributed by atoms with van der Waals surface area (Å²) in [6, 6.07) is 4.77. The summed E-state index contributed by atoms with van der Waals surface area (Å²) < 4.78 is 43.5. The second-order valence-electron chi connectivity index (χ2n) is 4.68. The van der Waals surface area contributed by atoms with Crippen LogP contribution >= 0.6 is 11.3 Å². The Morgan fingerprint density at radius 2 is 2.04 bits per heavy atom. The van der Waals surface area contributed by atoms with Gasteiger partial charge in [0.15, 0.2) is 5.13 Å². The zero-order chi connectivity index (χ0) is 16.6. The molecule has 3 rings (SSSR count). The zero-order valence-electron chi connectivity index (χ0n) is 11.9. The van der Waals surface area contributed by atoms with Gasteiger partial charge in [0, 0.05) is 5.56 Å². The molecule has 0 saturated heterocycles. The molecule has 9 heteroatoms. The highest BCUT2D eigenvalue weighted by molar-refractivity contribution is 7.18. The minimum Gasteiger partial charge on any atom is -0.375 e. The molecule has 0 aliphatic heterocycles. The number of alkyl halides is 3. The molecule has 23 heavy (non-hydrogen) atoms. The molecular weight excluding hydrogens is 329 g/mol. The van der Waals surface area contributed by atoms with Crippen LogP contribution in [-0.2, 0) is 12.6 Å². The van der Waals surface area contributed by atoms with Gasteiger partial charge in [-0.1, -0.05) is 35.5 Å². The SMILES string of the molecule is CCc1nc(N)sc1-c1nc(-c2cccc(C(F)(F)F)c2)no1. The summed E-state index contributed by atoms with van der Waals surface area (Å²) in [6.07, 6.45) is -3.80. The lowest BCUT2D eigenvalue weighted by atomic mass is 10.1. The highest BCUT2D eigenvalue weighted by atomic mass is 32.1. The first-order chi connectivity index (χ1) is 10.9. The Morgan fingerprint density at radius 1 is 1.26 bits per heavy atom. The van der Waals surface area contributed by atoms with E-state index in [-0.39, 0.29) is 17.3 Å². The number of anilines is 1. The average Bonchev–Trinajstić information content (AvgIpc) is 3.12. The second-order valence-corrected chi connectivity index (χ2v) is 5.71. The van der Waals surface area contributed by atoms with Crippen molar-refractivity contribution >= 4 is 16.5 Å². The Morgan fingerprint density at radius 3 is 2.74 bits per heavy atom. The van der Waals surface area contributed by atoms with Crippen LogP contribution in [0.3, 0.4) is 0 Å². The van der Waals surface area contributed by atoms with E-state index in [4.69, 9.17) is 10.3 Å². The van der Waals surface area contributed by atoms with E-state index in [1.165, 1.54) is 23.5 Å². The Kier molecular flexibility index (Phi) is 3.80. The molecule has 0 fully saturated rings. The quantitative estimate of drug-likeness (QED) is 0.779. The van der Waals surface area contributed by atoms with Gasteiger partial charge in [-0.15, -0.1) is 0 Å². The fraction of sp³-hybridized carbons (Fsp3) is 0.214. The van der Waals surface area contributed by atoms with E-state index in [0.717, 1.165) is 12.1 Å². The van der Waals surface area contributed by atoms with Gasteiger partial charge in [-0.05, 0) is 18.6 Å². The van der Waals surface area contributed by atoms with E-state index in [1.807, 2.05) is 6.92 Å². The van der Waals surface area contributed by atoms with Crippen LogP contribution < -0.4 is 5.73 Å². The molecule has 0 amide bonds. The van der Waals surface area contributed by atoms with E-state index in [9.17, 15) is 13.2 Å². The van der Waals surface area contributed by atoms with Gasteiger partial charge in [0.05, 0.1) is 11.3 Å². The lowest BCUT2D eigenvalue weighted by Gasteiger charge is -2.06. The predicted molar refractivity (Wildman–Crippen MR) is 79.6 cm³/mol. The normalized spacial score (nSPS) is 11.8. The number of nitrogen functional groups attached to an aromatic ring is 1. The summed E-state index contributed by atoms with van der Waals surface area (Å²) in [6.45, 7) is 1.90. The molecule has 3 aromatic rings. The summed E-state index contributed by atoms with van der Waals surface area (Å²) in [7, 11) is 0. The van der Waals surface area contributed by atoms with E-state index >= 15 is 0 Å². The van der Waals surface area contributed by atoms with Gasteiger partial charge in [-0.3, -0.25) is 0 Å². The Hall–Kier alpha value is -2.42. The van der Waals surface area contributed by atoms with Crippen molar-refractivity contribution in [3.8, 4) is 22.2 Å². The number of aryl methyl sites for hydroxylation is 1. The van der Waals surface area contributed by atoms with Crippen LogP contribution in [0.15, 0.2) is 28.8 Å². The first-order valence-corrected chi connectivity index (χ1v) is 7.47. The van der Waals surface area contributed by atoms with Gasteiger partial charge in [-0.25, -0.2) is 4.98 Å². The van der Waals surface area contributed by atoms with Crippen LogP contribution in [0.25, 0.3) is 22.2 Å². The average molecular weight is 340 g/mol. The molecule has 2 N–H and O–H groups in total. The molecule has 0 saturated carbocycles. The van der Waals surface area contributed by atoms with Gasteiger partial charge >= 0.3 is 6.18 Å². The van der Waals surface area contributed by atoms with Crippen molar-refractivity contribution in [2.45, 2.75) is 19.5 Å². The largest absolute Gasteiger partial charge is 0.416 e. The second kappa shape index (κ2) is 5.65. The fourth-order valence-electron chi connectivity index (χ4n) is 2.04. The highest BCUT2D eigenvalue weighted by Gasteiger charge is 2.31. The van der Waals surface area contributed by atoms with Crippen LogP contribution in [0, 0.1) is 0 Å². The zero-order valence-corrected chi connectivity index (χ0v) is 12.7. The fourth-order valence-corrected chi connectivity index (χ4v) is 2.89. The van der Waals surface area contributed by atoms with Crippen molar-refractivity contribution in [1.82, 2.24) is 15.1 Å². The number of nitrogens with zero attached hydrogens (tertiary/aromatic N) is 3. The summed E-state index contributed by atoms with van der Waals surface area (Å²) in [4.78, 5) is 8.95. The third-order valence-corrected chi connectivity index (χ3v) is 4.03. The van der Waals surface area contributed by atoms with Crippen LogP contribution in [0.4, 0.5) is 18.3 Å². The third-order valence-electron chi connectivity index (χ3n) is 3.12. The maximum absolute atomic E-state index is 12.8. The molecule has 1 aromatic carbocycles. The number of thiazole rings is 1. The van der Waals surface area contributed by atoms with Gasteiger partial charge in [-0.2, -0.15) is 18.2 Å². The molecule has 2 heterocycles. The number of benzene rings is 1. The molecule has 0 spiro atoms. The summed E-state index contributed by atoms with van der Waals surface area (Å²) in [5, 5.41) is 4.13. The van der Waals surface area contributed by atoms with Crippen molar-refractivity contribution in [2.75, 3.05) is 5.73 Å². The van der Waals surface area contributed by atoms with Crippen molar-refractivity contribution in [1.29, 1.82) is 0 Å². The first kappa shape index (κ1) is 15.5. The van der Waals surface area contributed by atoms with Crippen LogP contribution in [0.2, 0.25) is 0 Å². The third kappa shape index (κ3) is 3.04. The van der Waals surface area contributed by atoms with Crippen molar-refractivity contribution in [3.63, 3.8) is 0 Å². The first-order valence-electron chi connectivity index (χ1n) is 6.65. The van der Waals surface area contributed by atoms with Crippen LogP contribution in [0.5, 0.6) is 0 Å². The molecule has 5 nitrogen and oxygen atoms in total. The summed E-state index contributed by atoms with van der Waals surface area (Å²) in [5.74, 6) is 0.281. The van der Waals surface area contributed by atoms with Crippen LogP contribution in [-0.4, -0.2) is 15.1 Å². The van der Waals surface area contributed by atoms with Crippen molar-refractivity contribution in [2.24, 2.45) is 0 Å². The molecule has 0 aliphatic carbocycles. The molecule has 0 radical (unpaired) electrons. The Labute approximate surface area is 133 Å². The van der Waals surface area contributed by atoms with E-state index in [1.54, 1.807) is 0 Å².